The quantitative estimate of drug-likeness (QED) is 0.147. The number of fused-ring (bicyclic) bond motifs is 1. The molecule has 41 heavy (non-hydrogen) atoms. The molecule has 234 valence electrons. The van der Waals surface area contributed by atoms with Crippen molar-refractivity contribution in [1.29, 1.82) is 0 Å². The zero-order chi connectivity index (χ0) is 29.6. The molecule has 2 aromatic carbocycles. The van der Waals surface area contributed by atoms with Gasteiger partial charge in [-0.15, -0.1) is 4.91 Å². The Kier molecular flexibility index (Phi) is 22.8. The summed E-state index contributed by atoms with van der Waals surface area (Å²) in [5.41, 5.74) is 5.85. The summed E-state index contributed by atoms with van der Waals surface area (Å²) >= 11 is 0. The molecule has 1 aliphatic heterocycles. The van der Waals surface area contributed by atoms with E-state index in [1.165, 1.54) is 63.4 Å². The van der Waals surface area contributed by atoms with E-state index in [0.29, 0.717) is 5.69 Å². The number of nitroso groups, excluding NO2 is 1. The maximum absolute atomic E-state index is 11.3. The second-order valence-electron chi connectivity index (χ2n) is 10.9. The Hall–Kier alpha value is -2.40. The summed E-state index contributed by atoms with van der Waals surface area (Å²) < 4.78 is 6.09. The van der Waals surface area contributed by atoms with Gasteiger partial charge < -0.3 is 15.4 Å². The molecule has 0 spiro atoms. The average molecular weight is 570 g/mol. The summed E-state index contributed by atoms with van der Waals surface area (Å²) in [6, 6.07) is 10.4. The van der Waals surface area contributed by atoms with E-state index in [1.807, 2.05) is 19.9 Å². The Morgan fingerprint density at radius 2 is 1.61 bits per heavy atom. The van der Waals surface area contributed by atoms with Crippen LogP contribution in [0.15, 0.2) is 35.5 Å². The number of hydrogen-bond donors (Lipinski definition) is 2. The molecule has 0 radical (unpaired) electrons. The Morgan fingerprint density at radius 1 is 0.902 bits per heavy atom. The topological polar surface area (TPSA) is 62.7 Å². The van der Waals surface area contributed by atoms with Gasteiger partial charge in [0.1, 0.15) is 11.4 Å². The van der Waals surface area contributed by atoms with Crippen LogP contribution in [0.4, 0.5) is 11.4 Å². The van der Waals surface area contributed by atoms with E-state index in [2.05, 4.69) is 74.7 Å². The molecule has 0 fully saturated rings. The summed E-state index contributed by atoms with van der Waals surface area (Å²) in [7, 11) is 0. The van der Waals surface area contributed by atoms with Crippen LogP contribution >= 0.6 is 0 Å². The predicted molar refractivity (Wildman–Crippen MR) is 183 cm³/mol. The minimum absolute atomic E-state index is 0. The molecule has 0 aromatic heterocycles. The minimum atomic E-state index is 0. The van der Waals surface area contributed by atoms with Crippen LogP contribution in [-0.2, 0) is 13.0 Å². The first-order chi connectivity index (χ1) is 19.5. The maximum Gasteiger partial charge on any atom is 0.131 e. The van der Waals surface area contributed by atoms with E-state index in [-0.39, 0.29) is 7.43 Å². The molecular weight excluding hydrogens is 506 g/mol. The molecule has 2 aromatic rings. The predicted octanol–water partition coefficient (Wildman–Crippen LogP) is 11.5. The first-order valence-electron chi connectivity index (χ1n) is 16.2. The normalized spacial score (nSPS) is 11.3. The summed E-state index contributed by atoms with van der Waals surface area (Å²) in [6.07, 6.45) is 13.8. The lowest BCUT2D eigenvalue weighted by atomic mass is 9.98. The van der Waals surface area contributed by atoms with Crippen molar-refractivity contribution in [2.45, 2.75) is 133 Å². The van der Waals surface area contributed by atoms with E-state index in [0.717, 1.165) is 73.1 Å². The molecule has 0 unspecified atom stereocenters. The zero-order valence-electron chi connectivity index (χ0n) is 26.8. The van der Waals surface area contributed by atoms with Crippen molar-refractivity contribution in [3.8, 4) is 16.9 Å². The standard InChI is InChI=1S/C24H33N3O2.C9H20.C2H6.CH4/c1-3-5-7-13-29-23-9-8-18(14-21(23)17-25-11-6-4-2)20-15-19-10-12-26-24(19)22(16-20)27-28;1-4-5-6-7-8-9(2)3;1-2;/h8-9,14-16,25-26H,3-7,10-13,17H2,1-2H3;9H,4-8H2,1-3H3;1-2H3;1H4. The third-order valence-electron chi connectivity index (χ3n) is 7.05. The lowest BCUT2D eigenvalue weighted by Gasteiger charge is -2.15. The highest BCUT2D eigenvalue weighted by molar-refractivity contribution is 5.80. The highest BCUT2D eigenvalue weighted by Gasteiger charge is 2.17. The molecule has 0 bridgehead atoms. The van der Waals surface area contributed by atoms with Crippen molar-refractivity contribution in [1.82, 2.24) is 5.32 Å². The van der Waals surface area contributed by atoms with Crippen molar-refractivity contribution in [2.75, 3.05) is 25.0 Å². The third-order valence-corrected chi connectivity index (χ3v) is 7.05. The van der Waals surface area contributed by atoms with E-state index < -0.39 is 0 Å². The Bertz CT molecular complexity index is 943. The van der Waals surface area contributed by atoms with Gasteiger partial charge in [-0.05, 0) is 77.9 Å². The molecular formula is C36H63N3O2. The van der Waals surface area contributed by atoms with Gasteiger partial charge in [0, 0.05) is 18.7 Å². The Balaban J connectivity index is 0.00000114. The minimum Gasteiger partial charge on any atom is -0.493 e. The molecule has 1 heterocycles. The van der Waals surface area contributed by atoms with E-state index >= 15 is 0 Å². The van der Waals surface area contributed by atoms with Crippen LogP contribution in [0, 0.1) is 10.8 Å². The molecule has 3 rings (SSSR count). The number of nitrogens with one attached hydrogen (secondary N) is 2. The Labute approximate surface area is 253 Å². The van der Waals surface area contributed by atoms with E-state index in [9.17, 15) is 4.91 Å². The Morgan fingerprint density at radius 3 is 2.27 bits per heavy atom. The molecule has 0 saturated heterocycles. The fourth-order valence-electron chi connectivity index (χ4n) is 4.72. The first kappa shape index (κ1) is 38.6. The maximum atomic E-state index is 11.3. The van der Waals surface area contributed by atoms with E-state index in [4.69, 9.17) is 4.74 Å². The van der Waals surface area contributed by atoms with Crippen LogP contribution in [0.3, 0.4) is 0 Å². The van der Waals surface area contributed by atoms with Gasteiger partial charge >= 0.3 is 0 Å². The molecule has 5 heteroatoms. The summed E-state index contributed by atoms with van der Waals surface area (Å²) in [5, 5.41) is 10.0. The van der Waals surface area contributed by atoms with Crippen LogP contribution in [0.5, 0.6) is 5.75 Å². The third kappa shape index (κ3) is 14.9. The van der Waals surface area contributed by atoms with Crippen LogP contribution in [0.25, 0.3) is 11.1 Å². The number of nitrogens with zero attached hydrogens (tertiary/aromatic N) is 1. The van der Waals surface area contributed by atoms with Crippen molar-refractivity contribution in [2.24, 2.45) is 11.1 Å². The smallest absolute Gasteiger partial charge is 0.131 e. The lowest BCUT2D eigenvalue weighted by molar-refractivity contribution is 0.302. The molecule has 0 amide bonds. The van der Waals surface area contributed by atoms with Crippen molar-refractivity contribution < 1.29 is 4.74 Å². The average Bonchev–Trinajstić information content (AvgIpc) is 3.46. The van der Waals surface area contributed by atoms with Gasteiger partial charge in [0.05, 0.1) is 12.3 Å². The molecule has 0 aliphatic carbocycles. The van der Waals surface area contributed by atoms with Crippen LogP contribution in [-0.4, -0.2) is 19.7 Å². The number of unbranched alkanes of at least 4 members (excludes halogenated alkanes) is 6. The molecule has 1 aliphatic rings. The van der Waals surface area contributed by atoms with Gasteiger partial charge in [-0.3, -0.25) is 0 Å². The fourth-order valence-corrected chi connectivity index (χ4v) is 4.72. The van der Waals surface area contributed by atoms with Crippen molar-refractivity contribution in [3.05, 3.63) is 46.4 Å². The van der Waals surface area contributed by atoms with Crippen LogP contribution < -0.4 is 15.4 Å². The lowest BCUT2D eigenvalue weighted by Crippen LogP contribution is -2.15. The van der Waals surface area contributed by atoms with Gasteiger partial charge in [-0.25, -0.2) is 0 Å². The number of ether oxygens (including phenoxy) is 1. The largest absolute Gasteiger partial charge is 0.493 e. The second-order valence-corrected chi connectivity index (χ2v) is 10.9. The zero-order valence-corrected chi connectivity index (χ0v) is 26.8. The molecule has 0 atom stereocenters. The number of rotatable bonds is 17. The SMILES string of the molecule is C.CC.CCCCCCC(C)C.CCCCCOc1ccc(-c2cc3c(c(N=O)c2)NCC3)cc1CNCCCC. The van der Waals surface area contributed by atoms with Crippen LogP contribution in [0.1, 0.15) is 131 Å². The highest BCUT2D eigenvalue weighted by atomic mass is 16.5. The van der Waals surface area contributed by atoms with Gasteiger partial charge in [0.2, 0.25) is 0 Å². The van der Waals surface area contributed by atoms with Gasteiger partial charge in [-0.1, -0.05) is 113 Å². The van der Waals surface area contributed by atoms with Crippen LogP contribution in [0.2, 0.25) is 0 Å². The van der Waals surface area contributed by atoms with Gasteiger partial charge in [0.25, 0.3) is 0 Å². The number of hydrogen-bond acceptors (Lipinski definition) is 5. The number of benzene rings is 2. The van der Waals surface area contributed by atoms with Crippen molar-refractivity contribution >= 4 is 11.4 Å². The first-order valence-corrected chi connectivity index (χ1v) is 16.2. The summed E-state index contributed by atoms with van der Waals surface area (Å²) in [6.45, 7) is 18.6. The van der Waals surface area contributed by atoms with Gasteiger partial charge in [-0.2, -0.15) is 0 Å². The highest BCUT2D eigenvalue weighted by Crippen LogP contribution is 2.38. The number of anilines is 1. The summed E-state index contributed by atoms with van der Waals surface area (Å²) in [4.78, 5) is 11.3. The van der Waals surface area contributed by atoms with Crippen molar-refractivity contribution in [3.63, 3.8) is 0 Å². The second kappa shape index (κ2) is 24.2. The molecule has 5 nitrogen and oxygen atoms in total. The molecule has 2 N–H and O–H groups in total. The van der Waals surface area contributed by atoms with Gasteiger partial charge in [0.15, 0.2) is 0 Å². The fraction of sp³-hybridized carbons (Fsp3) is 0.667. The van der Waals surface area contributed by atoms with E-state index in [1.54, 1.807) is 0 Å². The molecule has 0 saturated carbocycles. The monoisotopic (exact) mass is 569 g/mol. The summed E-state index contributed by atoms with van der Waals surface area (Å²) in [5.74, 6) is 1.85.